The lowest BCUT2D eigenvalue weighted by Gasteiger charge is -2.08. The molecule has 5 heteroatoms. The van der Waals surface area contributed by atoms with E-state index >= 15 is 0 Å². The summed E-state index contributed by atoms with van der Waals surface area (Å²) >= 11 is 8.40. The second-order valence-electron chi connectivity index (χ2n) is 3.22. The Morgan fingerprint density at radius 2 is 2.40 bits per heavy atom. The van der Waals surface area contributed by atoms with Gasteiger partial charge in [0.1, 0.15) is 0 Å². The van der Waals surface area contributed by atoms with Crippen molar-refractivity contribution in [1.29, 1.82) is 0 Å². The largest absolute Gasteiger partial charge is 0.355 e. The molecule has 0 unspecified atom stereocenters. The molecular weight excluding hydrogens is 324 g/mol. The fourth-order valence-electron chi connectivity index (χ4n) is 1.38. The zero-order valence-corrected chi connectivity index (χ0v) is 11.0. The quantitative estimate of drug-likeness (QED) is 0.811. The van der Waals surface area contributed by atoms with Crippen LogP contribution in [0.5, 0.6) is 0 Å². The van der Waals surface area contributed by atoms with Crippen LogP contribution in [0.15, 0.2) is 23.2 Å². The maximum atomic E-state index is 6.17. The van der Waals surface area contributed by atoms with E-state index in [1.807, 2.05) is 18.2 Å². The molecule has 0 bridgehead atoms. The molecule has 2 rings (SSSR count). The molecule has 1 aromatic carbocycles. The molecule has 0 aliphatic carbocycles. The summed E-state index contributed by atoms with van der Waals surface area (Å²) in [5, 5.41) is 7.20. The van der Waals surface area contributed by atoms with Gasteiger partial charge >= 0.3 is 0 Å². The van der Waals surface area contributed by atoms with Crippen LogP contribution >= 0.6 is 34.2 Å². The minimum atomic E-state index is 0.710. The standard InChI is InChI=1S/C10H11ClIN3/c11-9-7(2-1-3-8(9)12)6-15-10-13-4-5-14-10/h1-3H,4-6H2,(H2,13,14,15). The smallest absolute Gasteiger partial charge is 0.191 e. The Hall–Kier alpha value is -0.490. The molecular formula is C10H11ClIN3. The van der Waals surface area contributed by atoms with Gasteiger partial charge in [-0.05, 0) is 34.2 Å². The average Bonchev–Trinajstić information content (AvgIpc) is 2.73. The zero-order chi connectivity index (χ0) is 10.7. The summed E-state index contributed by atoms with van der Waals surface area (Å²) in [5.74, 6) is 0.866. The summed E-state index contributed by atoms with van der Waals surface area (Å²) in [5.41, 5.74) is 1.10. The number of nitrogens with zero attached hydrogens (tertiary/aromatic N) is 1. The van der Waals surface area contributed by atoms with E-state index < -0.39 is 0 Å². The van der Waals surface area contributed by atoms with Crippen molar-refractivity contribution in [2.75, 3.05) is 13.1 Å². The number of nitrogens with one attached hydrogen (secondary N) is 2. The van der Waals surface area contributed by atoms with Crippen molar-refractivity contribution in [2.45, 2.75) is 6.54 Å². The molecule has 1 aliphatic rings. The van der Waals surface area contributed by atoms with E-state index in [1.54, 1.807) is 0 Å². The first-order valence-corrected chi connectivity index (χ1v) is 6.18. The molecule has 0 saturated carbocycles. The molecule has 1 aliphatic heterocycles. The molecule has 0 amide bonds. The number of guanidine groups is 1. The minimum Gasteiger partial charge on any atom is -0.355 e. The molecule has 0 fully saturated rings. The van der Waals surface area contributed by atoms with Gasteiger partial charge in [0.15, 0.2) is 5.96 Å². The van der Waals surface area contributed by atoms with Crippen molar-refractivity contribution < 1.29 is 0 Å². The van der Waals surface area contributed by atoms with Crippen molar-refractivity contribution in [3.05, 3.63) is 32.4 Å². The third-order valence-corrected chi connectivity index (χ3v) is 3.82. The van der Waals surface area contributed by atoms with E-state index in [2.05, 4.69) is 38.2 Å². The normalized spacial score (nSPS) is 14.7. The van der Waals surface area contributed by atoms with Crippen molar-refractivity contribution in [3.8, 4) is 0 Å². The highest BCUT2D eigenvalue weighted by molar-refractivity contribution is 14.1. The summed E-state index contributed by atoms with van der Waals surface area (Å²) in [6.45, 7) is 2.48. The van der Waals surface area contributed by atoms with E-state index in [-0.39, 0.29) is 0 Å². The van der Waals surface area contributed by atoms with Gasteiger partial charge in [0, 0.05) is 16.7 Å². The van der Waals surface area contributed by atoms with Gasteiger partial charge in [-0.2, -0.15) is 0 Å². The third-order valence-electron chi connectivity index (χ3n) is 2.15. The first-order chi connectivity index (χ1) is 7.27. The summed E-state index contributed by atoms with van der Waals surface area (Å²) in [6, 6.07) is 6.03. The Morgan fingerprint density at radius 3 is 3.13 bits per heavy atom. The number of benzene rings is 1. The number of hydrogen-bond donors (Lipinski definition) is 2. The average molecular weight is 336 g/mol. The topological polar surface area (TPSA) is 36.4 Å². The summed E-state index contributed by atoms with van der Waals surface area (Å²) < 4.78 is 1.08. The van der Waals surface area contributed by atoms with Crippen LogP contribution in [-0.4, -0.2) is 19.0 Å². The Kier molecular flexibility index (Phi) is 3.69. The van der Waals surface area contributed by atoms with E-state index in [9.17, 15) is 0 Å². The molecule has 3 nitrogen and oxygen atoms in total. The molecule has 0 aromatic heterocycles. The number of halogens is 2. The highest BCUT2D eigenvalue weighted by Gasteiger charge is 2.06. The lowest BCUT2D eigenvalue weighted by molar-refractivity contribution is 0.867. The lowest BCUT2D eigenvalue weighted by Crippen LogP contribution is -2.33. The van der Waals surface area contributed by atoms with Crippen molar-refractivity contribution >= 4 is 40.2 Å². The maximum Gasteiger partial charge on any atom is 0.191 e. The van der Waals surface area contributed by atoms with Gasteiger partial charge in [0.25, 0.3) is 0 Å². The maximum absolute atomic E-state index is 6.17. The van der Waals surface area contributed by atoms with Crippen LogP contribution in [0.4, 0.5) is 0 Å². The minimum absolute atomic E-state index is 0.710. The molecule has 0 atom stereocenters. The van der Waals surface area contributed by atoms with Gasteiger partial charge in [-0.15, -0.1) is 0 Å². The van der Waals surface area contributed by atoms with Crippen LogP contribution in [0.2, 0.25) is 5.02 Å². The van der Waals surface area contributed by atoms with Crippen LogP contribution in [0, 0.1) is 3.57 Å². The molecule has 2 N–H and O–H groups in total. The molecule has 0 spiro atoms. The van der Waals surface area contributed by atoms with Crippen molar-refractivity contribution in [1.82, 2.24) is 10.6 Å². The van der Waals surface area contributed by atoms with Crippen LogP contribution in [0.1, 0.15) is 5.56 Å². The van der Waals surface area contributed by atoms with Gasteiger partial charge in [0.2, 0.25) is 0 Å². The second-order valence-corrected chi connectivity index (χ2v) is 4.76. The zero-order valence-electron chi connectivity index (χ0n) is 8.06. The molecule has 15 heavy (non-hydrogen) atoms. The molecule has 80 valence electrons. The Balaban J connectivity index is 2.01. The fourth-order valence-corrected chi connectivity index (χ4v) is 2.13. The van der Waals surface area contributed by atoms with Gasteiger partial charge < -0.3 is 10.6 Å². The van der Waals surface area contributed by atoms with E-state index in [1.165, 1.54) is 0 Å². The lowest BCUT2D eigenvalue weighted by atomic mass is 10.2. The second kappa shape index (κ2) is 5.03. The van der Waals surface area contributed by atoms with Crippen molar-refractivity contribution in [3.63, 3.8) is 0 Å². The van der Waals surface area contributed by atoms with Gasteiger partial charge in [0.05, 0.1) is 11.6 Å². The summed E-state index contributed by atoms with van der Waals surface area (Å²) in [4.78, 5) is 4.25. The molecule has 1 aromatic rings. The summed E-state index contributed by atoms with van der Waals surface area (Å²) in [7, 11) is 0. The Morgan fingerprint density at radius 1 is 1.53 bits per heavy atom. The van der Waals surface area contributed by atoms with E-state index in [4.69, 9.17) is 11.6 Å². The van der Waals surface area contributed by atoms with Crippen LogP contribution in [0.3, 0.4) is 0 Å². The van der Waals surface area contributed by atoms with Crippen LogP contribution in [0.25, 0.3) is 0 Å². The SMILES string of the molecule is Clc1c(I)cccc1CNC1=NCCN1. The Labute approximate surface area is 107 Å². The van der Waals surface area contributed by atoms with Crippen molar-refractivity contribution in [2.24, 2.45) is 4.99 Å². The first-order valence-electron chi connectivity index (χ1n) is 4.72. The predicted molar refractivity (Wildman–Crippen MR) is 71.3 cm³/mol. The first kappa shape index (κ1) is 11.0. The molecule has 0 saturated heterocycles. The Bertz CT molecular complexity index is 392. The van der Waals surface area contributed by atoms with Crippen LogP contribution < -0.4 is 10.6 Å². The third kappa shape index (κ3) is 2.75. The number of hydrogen-bond acceptors (Lipinski definition) is 3. The van der Waals surface area contributed by atoms with Crippen LogP contribution in [-0.2, 0) is 6.54 Å². The summed E-state index contributed by atoms with van der Waals surface area (Å²) in [6.07, 6.45) is 0. The number of rotatable bonds is 2. The van der Waals surface area contributed by atoms with Gasteiger partial charge in [-0.3, -0.25) is 4.99 Å². The molecule has 0 radical (unpaired) electrons. The van der Waals surface area contributed by atoms with Gasteiger partial charge in [-0.1, -0.05) is 23.7 Å². The monoisotopic (exact) mass is 335 g/mol. The highest BCUT2D eigenvalue weighted by atomic mass is 127. The van der Waals surface area contributed by atoms with E-state index in [0.29, 0.717) is 6.54 Å². The van der Waals surface area contributed by atoms with E-state index in [0.717, 1.165) is 33.2 Å². The fraction of sp³-hybridized carbons (Fsp3) is 0.300. The highest BCUT2D eigenvalue weighted by Crippen LogP contribution is 2.22. The number of aliphatic imine (C=N–C) groups is 1. The predicted octanol–water partition coefficient (Wildman–Crippen LogP) is 1.99. The molecule has 1 heterocycles. The van der Waals surface area contributed by atoms with Gasteiger partial charge in [-0.25, -0.2) is 0 Å².